The number of amides is 1. The summed E-state index contributed by atoms with van der Waals surface area (Å²) in [7, 11) is 1.87. The van der Waals surface area contributed by atoms with E-state index in [9.17, 15) is 4.79 Å². The second-order valence-electron chi connectivity index (χ2n) is 7.49. The fourth-order valence-electron chi connectivity index (χ4n) is 3.76. The topological polar surface area (TPSA) is 78.0 Å². The Kier molecular flexibility index (Phi) is 3.29. The zero-order chi connectivity index (χ0) is 17.0. The second kappa shape index (κ2) is 5.54. The summed E-state index contributed by atoms with van der Waals surface area (Å²) < 4.78 is 0. The molecule has 0 unspecified atom stereocenters. The Labute approximate surface area is 146 Å². The van der Waals surface area contributed by atoms with Gasteiger partial charge in [0.2, 0.25) is 0 Å². The predicted molar refractivity (Wildman–Crippen MR) is 92.7 cm³/mol. The van der Waals surface area contributed by atoms with Gasteiger partial charge in [0, 0.05) is 31.7 Å². The van der Waals surface area contributed by atoms with Crippen molar-refractivity contribution in [1.29, 1.82) is 0 Å². The van der Waals surface area contributed by atoms with Crippen LogP contribution in [0.25, 0.3) is 0 Å². The van der Waals surface area contributed by atoms with Crippen molar-refractivity contribution in [2.24, 2.45) is 0 Å². The third-order valence-electron chi connectivity index (χ3n) is 5.70. The van der Waals surface area contributed by atoms with E-state index < -0.39 is 0 Å². The Morgan fingerprint density at radius 2 is 2.08 bits per heavy atom. The highest BCUT2D eigenvalue weighted by Gasteiger charge is 2.35. The van der Waals surface area contributed by atoms with Crippen molar-refractivity contribution < 1.29 is 4.79 Å². The Morgan fingerprint density at radius 1 is 1.24 bits per heavy atom. The van der Waals surface area contributed by atoms with Crippen LogP contribution in [0.4, 0.5) is 5.82 Å². The van der Waals surface area contributed by atoms with E-state index in [-0.39, 0.29) is 11.9 Å². The van der Waals surface area contributed by atoms with E-state index >= 15 is 0 Å². The van der Waals surface area contributed by atoms with Crippen molar-refractivity contribution >= 4 is 11.7 Å². The predicted octanol–water partition coefficient (Wildman–Crippen LogP) is 1.53. The fourth-order valence-corrected chi connectivity index (χ4v) is 3.76. The molecule has 2 aliphatic carbocycles. The number of nitrogens with one attached hydrogen (secondary N) is 1. The zero-order valence-electron chi connectivity index (χ0n) is 14.4. The first-order valence-electron chi connectivity index (χ1n) is 9.12. The average Bonchev–Trinajstić information content (AvgIpc) is 3.13. The number of carbonyl (C=O) groups excluding carboxylic acids is 1. The smallest absolute Gasteiger partial charge is 0.274 e. The number of anilines is 1. The van der Waals surface area contributed by atoms with Crippen LogP contribution in [0.15, 0.2) is 12.1 Å². The van der Waals surface area contributed by atoms with Gasteiger partial charge in [0.05, 0.1) is 11.7 Å². The first-order valence-corrected chi connectivity index (χ1v) is 9.12. The van der Waals surface area contributed by atoms with E-state index in [1.54, 1.807) is 0 Å². The van der Waals surface area contributed by atoms with Gasteiger partial charge < -0.3 is 9.80 Å². The summed E-state index contributed by atoms with van der Waals surface area (Å²) in [6.45, 7) is 1.60. The molecule has 0 atom stereocenters. The number of fused-ring (bicyclic) bond motifs is 1. The summed E-state index contributed by atoms with van der Waals surface area (Å²) >= 11 is 0. The van der Waals surface area contributed by atoms with E-state index in [1.165, 1.54) is 24.8 Å². The molecule has 5 rings (SSSR count). The highest BCUT2D eigenvalue weighted by molar-refractivity contribution is 5.92. The molecule has 1 N–H and O–H groups in total. The molecule has 3 heterocycles. The first-order chi connectivity index (χ1) is 12.2. The van der Waals surface area contributed by atoms with Gasteiger partial charge in [0.15, 0.2) is 5.82 Å². The molecule has 7 nitrogen and oxygen atoms in total. The van der Waals surface area contributed by atoms with Crippen molar-refractivity contribution in [2.75, 3.05) is 25.0 Å². The first kappa shape index (κ1) is 14.9. The number of likely N-dealkylation sites (N-methyl/N-ethyl adjacent to an activating group) is 1. The van der Waals surface area contributed by atoms with Gasteiger partial charge in [0.1, 0.15) is 5.69 Å². The van der Waals surface area contributed by atoms with Crippen molar-refractivity contribution in [1.82, 2.24) is 25.3 Å². The average molecular weight is 338 g/mol. The monoisotopic (exact) mass is 338 g/mol. The molecule has 3 aliphatic rings. The van der Waals surface area contributed by atoms with E-state index in [0.29, 0.717) is 11.6 Å². The molecule has 0 radical (unpaired) electrons. The summed E-state index contributed by atoms with van der Waals surface area (Å²) in [4.78, 5) is 16.6. The summed E-state index contributed by atoms with van der Waals surface area (Å²) in [5, 5.41) is 15.9. The van der Waals surface area contributed by atoms with Crippen LogP contribution in [0.2, 0.25) is 0 Å². The maximum Gasteiger partial charge on any atom is 0.274 e. The summed E-state index contributed by atoms with van der Waals surface area (Å²) in [5.41, 5.74) is 4.11. The van der Waals surface area contributed by atoms with Gasteiger partial charge in [-0.25, -0.2) is 0 Å². The molecule has 0 bridgehead atoms. The molecule has 2 fully saturated rings. The third-order valence-corrected chi connectivity index (χ3v) is 5.70. The van der Waals surface area contributed by atoms with Crippen LogP contribution in [-0.4, -0.2) is 57.4 Å². The van der Waals surface area contributed by atoms with Crippen LogP contribution in [0.3, 0.4) is 0 Å². The van der Waals surface area contributed by atoms with Crippen molar-refractivity contribution in [3.63, 3.8) is 0 Å². The molecule has 1 amide bonds. The lowest BCUT2D eigenvalue weighted by Crippen LogP contribution is -2.60. The Hall–Kier alpha value is -2.44. The van der Waals surface area contributed by atoms with Gasteiger partial charge in [-0.3, -0.25) is 9.89 Å². The number of hydrogen-bond donors (Lipinski definition) is 1. The number of aromatic amines is 1. The Bertz CT molecular complexity index is 821. The number of carbonyl (C=O) groups is 1. The summed E-state index contributed by atoms with van der Waals surface area (Å²) in [5.74, 6) is 1.51. The molecule has 7 heteroatoms. The fraction of sp³-hybridized carbons (Fsp3) is 0.556. The standard InChI is InChI=1S/C18H22N6O/c1-23(18(25)16-8-15(20-21-16)11-5-6-11)13-9-24(10-13)17-7-12-3-2-4-14(12)19-22-17/h7-8,11,13H,2-6,9-10H2,1H3,(H,20,21). The lowest BCUT2D eigenvalue weighted by atomic mass is 10.1. The van der Waals surface area contributed by atoms with Crippen molar-refractivity contribution in [3.8, 4) is 0 Å². The van der Waals surface area contributed by atoms with Gasteiger partial charge in [-0.05, 0) is 49.8 Å². The molecule has 0 aromatic carbocycles. The van der Waals surface area contributed by atoms with Crippen LogP contribution in [0.5, 0.6) is 0 Å². The number of aryl methyl sites for hydroxylation is 2. The van der Waals surface area contributed by atoms with Crippen LogP contribution in [0, 0.1) is 0 Å². The summed E-state index contributed by atoms with van der Waals surface area (Å²) in [6, 6.07) is 4.28. The normalized spacial score (nSPS) is 19.6. The number of aromatic nitrogens is 4. The van der Waals surface area contributed by atoms with Crippen molar-refractivity contribution in [2.45, 2.75) is 44.1 Å². The lowest BCUT2D eigenvalue weighted by Gasteiger charge is -2.44. The molecule has 1 aliphatic heterocycles. The number of H-pyrrole nitrogens is 1. The molecule has 1 saturated carbocycles. The van der Waals surface area contributed by atoms with Gasteiger partial charge in [0.25, 0.3) is 5.91 Å². The maximum absolute atomic E-state index is 12.6. The molecule has 0 spiro atoms. The van der Waals surface area contributed by atoms with E-state index in [2.05, 4.69) is 31.4 Å². The lowest BCUT2D eigenvalue weighted by molar-refractivity contribution is 0.0699. The number of nitrogens with zero attached hydrogens (tertiary/aromatic N) is 5. The van der Waals surface area contributed by atoms with Crippen LogP contribution >= 0.6 is 0 Å². The minimum atomic E-state index is -0.00663. The quantitative estimate of drug-likeness (QED) is 0.915. The minimum absolute atomic E-state index is 0.00663. The molecule has 130 valence electrons. The van der Waals surface area contributed by atoms with E-state index in [1.807, 2.05) is 18.0 Å². The maximum atomic E-state index is 12.6. The minimum Gasteiger partial charge on any atom is -0.351 e. The molecular weight excluding hydrogens is 316 g/mol. The van der Waals surface area contributed by atoms with E-state index in [4.69, 9.17) is 0 Å². The second-order valence-corrected chi connectivity index (χ2v) is 7.49. The molecule has 1 saturated heterocycles. The van der Waals surface area contributed by atoms with Gasteiger partial charge in [-0.2, -0.15) is 10.2 Å². The van der Waals surface area contributed by atoms with Gasteiger partial charge in [-0.15, -0.1) is 5.10 Å². The van der Waals surface area contributed by atoms with Gasteiger partial charge in [-0.1, -0.05) is 0 Å². The van der Waals surface area contributed by atoms with Crippen molar-refractivity contribution in [3.05, 3.63) is 34.8 Å². The summed E-state index contributed by atoms with van der Waals surface area (Å²) in [6.07, 6.45) is 5.74. The van der Waals surface area contributed by atoms with Gasteiger partial charge >= 0.3 is 0 Å². The largest absolute Gasteiger partial charge is 0.351 e. The number of hydrogen-bond acceptors (Lipinski definition) is 5. The molecular formula is C18H22N6O. The number of rotatable bonds is 4. The highest BCUT2D eigenvalue weighted by Crippen LogP contribution is 2.39. The van der Waals surface area contributed by atoms with Crippen LogP contribution < -0.4 is 4.90 Å². The molecule has 2 aromatic rings. The van der Waals surface area contributed by atoms with E-state index in [0.717, 1.165) is 43.1 Å². The Balaban J connectivity index is 1.22. The SMILES string of the molecule is CN(C(=O)c1cc(C2CC2)[nH]n1)C1CN(c2cc3c(nn2)CCC3)C1. The molecule has 2 aromatic heterocycles. The van der Waals surface area contributed by atoms with Crippen LogP contribution in [-0.2, 0) is 12.8 Å². The highest BCUT2D eigenvalue weighted by atomic mass is 16.2. The zero-order valence-corrected chi connectivity index (χ0v) is 14.4. The van der Waals surface area contributed by atoms with Crippen LogP contribution in [0.1, 0.15) is 52.6 Å². The third kappa shape index (κ3) is 2.58. The Morgan fingerprint density at radius 3 is 2.88 bits per heavy atom. The molecule has 25 heavy (non-hydrogen) atoms.